The van der Waals surface area contributed by atoms with Crippen LogP contribution in [0.15, 0.2) is 60.2 Å². The van der Waals surface area contributed by atoms with Crippen molar-refractivity contribution in [2.75, 3.05) is 7.11 Å². The first-order valence-electron chi connectivity index (χ1n) is 11.7. The van der Waals surface area contributed by atoms with Crippen LogP contribution in [0.25, 0.3) is 5.69 Å². The maximum Gasteiger partial charge on any atom is 0.260 e. The van der Waals surface area contributed by atoms with Crippen molar-refractivity contribution in [3.05, 3.63) is 106 Å². The van der Waals surface area contributed by atoms with Gasteiger partial charge in [0.05, 0.1) is 48.9 Å². The van der Waals surface area contributed by atoms with Gasteiger partial charge in [-0.05, 0) is 63.1 Å². The van der Waals surface area contributed by atoms with E-state index in [1.54, 1.807) is 26.4 Å². The summed E-state index contributed by atoms with van der Waals surface area (Å²) >= 11 is 0. The van der Waals surface area contributed by atoms with Crippen LogP contribution < -0.4 is 10.3 Å². The van der Waals surface area contributed by atoms with Gasteiger partial charge in [0.15, 0.2) is 17.5 Å². The van der Waals surface area contributed by atoms with E-state index in [0.717, 1.165) is 23.5 Å². The Morgan fingerprint density at radius 1 is 0.973 bits per heavy atom. The third kappa shape index (κ3) is 5.29. The molecule has 0 amide bonds. The minimum Gasteiger partial charge on any atom is -0.495 e. The predicted octanol–water partition coefficient (Wildman–Crippen LogP) is 5.29. The summed E-state index contributed by atoms with van der Waals surface area (Å²) in [5, 5.41) is 0. The van der Waals surface area contributed by atoms with E-state index in [-0.39, 0.29) is 17.2 Å². The van der Waals surface area contributed by atoms with Crippen molar-refractivity contribution in [3.63, 3.8) is 0 Å². The van der Waals surface area contributed by atoms with Crippen LogP contribution in [0.4, 0.5) is 13.2 Å². The first kappa shape index (κ1) is 26.2. The molecular weight excluding hydrogens is 485 g/mol. The zero-order chi connectivity index (χ0) is 26.9. The lowest BCUT2D eigenvalue weighted by Crippen LogP contribution is -2.30. The third-order valence-corrected chi connectivity index (χ3v) is 5.98. The van der Waals surface area contributed by atoms with Gasteiger partial charge < -0.3 is 14.0 Å². The van der Waals surface area contributed by atoms with Crippen molar-refractivity contribution in [1.29, 1.82) is 0 Å². The number of benzene rings is 2. The number of aromatic nitrogens is 4. The zero-order valence-corrected chi connectivity index (χ0v) is 21.1. The topological polar surface area (TPSA) is 71.2 Å². The number of rotatable bonds is 8. The highest BCUT2D eigenvalue weighted by molar-refractivity contribution is 5.50. The molecule has 194 valence electrons. The van der Waals surface area contributed by atoms with Crippen LogP contribution in [-0.2, 0) is 4.74 Å². The fourth-order valence-corrected chi connectivity index (χ4v) is 4.10. The van der Waals surface area contributed by atoms with Crippen LogP contribution >= 0.6 is 0 Å². The summed E-state index contributed by atoms with van der Waals surface area (Å²) in [4.78, 5) is 22.1. The normalized spacial score (nSPS) is 13.1. The van der Waals surface area contributed by atoms with Gasteiger partial charge in [0, 0.05) is 12.4 Å². The van der Waals surface area contributed by atoms with Gasteiger partial charge in [-0.25, -0.2) is 23.1 Å². The molecule has 0 fully saturated rings. The number of halogens is 3. The molecule has 0 aliphatic carbocycles. The van der Waals surface area contributed by atoms with Crippen molar-refractivity contribution >= 4 is 0 Å². The van der Waals surface area contributed by atoms with E-state index < -0.39 is 35.2 Å². The Kier molecular flexibility index (Phi) is 7.49. The molecule has 0 saturated heterocycles. The Morgan fingerprint density at radius 2 is 1.68 bits per heavy atom. The molecule has 2 unspecified atom stereocenters. The fourth-order valence-electron chi connectivity index (χ4n) is 4.10. The summed E-state index contributed by atoms with van der Waals surface area (Å²) in [5.74, 6) is -3.69. The molecule has 37 heavy (non-hydrogen) atoms. The van der Waals surface area contributed by atoms with E-state index in [1.807, 2.05) is 43.7 Å². The Labute approximate surface area is 212 Å². The Bertz CT molecular complexity index is 1460. The number of hydrogen-bond donors (Lipinski definition) is 0. The lowest BCUT2D eigenvalue weighted by molar-refractivity contribution is 0.0290. The molecule has 7 nitrogen and oxygen atoms in total. The van der Waals surface area contributed by atoms with E-state index in [1.165, 1.54) is 17.1 Å². The molecule has 2 aromatic heterocycles. The summed E-state index contributed by atoms with van der Waals surface area (Å²) < 4.78 is 56.0. The van der Waals surface area contributed by atoms with Crippen molar-refractivity contribution in [1.82, 2.24) is 19.1 Å². The Hall–Kier alpha value is -3.92. The summed E-state index contributed by atoms with van der Waals surface area (Å²) in [7, 11) is 1.55. The van der Waals surface area contributed by atoms with Gasteiger partial charge in [-0.2, -0.15) is 0 Å². The minimum atomic E-state index is -1.57. The van der Waals surface area contributed by atoms with Crippen molar-refractivity contribution in [3.8, 4) is 11.4 Å². The van der Waals surface area contributed by atoms with Gasteiger partial charge in [0.25, 0.3) is 5.56 Å². The number of aryl methyl sites for hydroxylation is 1. The number of imidazole rings is 1. The average molecular weight is 513 g/mol. The summed E-state index contributed by atoms with van der Waals surface area (Å²) in [6, 6.07) is 6.35. The van der Waals surface area contributed by atoms with Gasteiger partial charge in [-0.15, -0.1) is 0 Å². The molecule has 0 aliphatic rings. The summed E-state index contributed by atoms with van der Waals surface area (Å²) in [5.41, 5.74) is 2.09. The Balaban J connectivity index is 1.79. The van der Waals surface area contributed by atoms with Crippen LogP contribution in [0.3, 0.4) is 0 Å². The van der Waals surface area contributed by atoms with E-state index in [9.17, 15) is 18.0 Å². The quantitative estimate of drug-likeness (QED) is 0.300. The third-order valence-electron chi connectivity index (χ3n) is 5.98. The second kappa shape index (κ2) is 10.6. The number of ether oxygens (including phenoxy) is 2. The lowest BCUT2D eigenvalue weighted by atomic mass is 10.0. The SMILES string of the molecule is COc1cc(C(OC(C)C)c2cncn(C(C)c3cc(F)c(F)c(F)c3)c2=O)ccc1-n1cnc(C)c1. The van der Waals surface area contributed by atoms with Crippen LogP contribution in [0.5, 0.6) is 5.75 Å². The highest BCUT2D eigenvalue weighted by Gasteiger charge is 2.25. The number of nitrogens with zero attached hydrogens (tertiary/aromatic N) is 4. The molecule has 10 heteroatoms. The molecule has 2 heterocycles. The highest BCUT2D eigenvalue weighted by atomic mass is 19.2. The van der Waals surface area contributed by atoms with E-state index in [0.29, 0.717) is 11.3 Å². The van der Waals surface area contributed by atoms with Gasteiger partial charge in [0.2, 0.25) is 0 Å². The predicted molar refractivity (Wildman–Crippen MR) is 132 cm³/mol. The summed E-state index contributed by atoms with van der Waals surface area (Å²) in [6.45, 7) is 7.14. The molecule has 4 aromatic rings. The van der Waals surface area contributed by atoms with Gasteiger partial charge in [-0.1, -0.05) is 6.07 Å². The Morgan fingerprint density at radius 3 is 2.27 bits per heavy atom. The molecular formula is C27H27F3N4O3. The van der Waals surface area contributed by atoms with E-state index in [2.05, 4.69) is 9.97 Å². The van der Waals surface area contributed by atoms with Gasteiger partial charge in [-0.3, -0.25) is 9.36 Å². The standard InChI is InChI=1S/C27H27F3N4O3/c1-15(2)37-26(18-6-7-23(24(10-18)36-5)33-12-16(3)32-14-33)20-11-31-13-34(27(20)35)17(4)19-8-21(28)25(30)22(29)9-19/h6-15,17,26H,1-5H3. The minimum absolute atomic E-state index is 0.0837. The molecule has 0 bridgehead atoms. The van der Waals surface area contributed by atoms with Gasteiger partial charge >= 0.3 is 0 Å². The van der Waals surface area contributed by atoms with Gasteiger partial charge in [0.1, 0.15) is 11.9 Å². The molecule has 0 N–H and O–H groups in total. The fraction of sp³-hybridized carbons (Fsp3) is 0.296. The number of methoxy groups -OCH3 is 1. The van der Waals surface area contributed by atoms with Crippen molar-refractivity contribution in [2.45, 2.75) is 45.9 Å². The number of hydrogen-bond acceptors (Lipinski definition) is 5. The van der Waals surface area contributed by atoms with Crippen molar-refractivity contribution in [2.24, 2.45) is 0 Å². The average Bonchev–Trinajstić information content (AvgIpc) is 3.31. The second-order valence-electron chi connectivity index (χ2n) is 8.95. The molecule has 0 spiro atoms. The van der Waals surface area contributed by atoms with Crippen LogP contribution in [0.1, 0.15) is 55.3 Å². The van der Waals surface area contributed by atoms with Crippen molar-refractivity contribution < 1.29 is 22.6 Å². The summed E-state index contributed by atoms with van der Waals surface area (Å²) in [6.07, 6.45) is 5.16. The molecule has 2 aromatic carbocycles. The molecule has 0 radical (unpaired) electrons. The smallest absolute Gasteiger partial charge is 0.260 e. The molecule has 2 atom stereocenters. The maximum atomic E-state index is 13.9. The molecule has 0 aliphatic heterocycles. The first-order valence-corrected chi connectivity index (χ1v) is 11.7. The first-order chi connectivity index (χ1) is 17.6. The molecule has 0 saturated carbocycles. The van der Waals surface area contributed by atoms with Crippen LogP contribution in [0.2, 0.25) is 0 Å². The molecule has 4 rings (SSSR count). The van der Waals surface area contributed by atoms with Crippen LogP contribution in [-0.4, -0.2) is 32.3 Å². The van der Waals surface area contributed by atoms with E-state index in [4.69, 9.17) is 9.47 Å². The van der Waals surface area contributed by atoms with Crippen LogP contribution in [0, 0.1) is 24.4 Å². The van der Waals surface area contributed by atoms with E-state index >= 15 is 0 Å². The lowest BCUT2D eigenvalue weighted by Gasteiger charge is -2.23. The highest BCUT2D eigenvalue weighted by Crippen LogP contribution is 2.32. The monoisotopic (exact) mass is 512 g/mol. The largest absolute Gasteiger partial charge is 0.495 e. The maximum absolute atomic E-state index is 13.9. The second-order valence-corrected chi connectivity index (χ2v) is 8.95. The zero-order valence-electron chi connectivity index (χ0n) is 21.1.